The van der Waals surface area contributed by atoms with Crippen LogP contribution in [0.3, 0.4) is 0 Å². The van der Waals surface area contributed by atoms with Crippen molar-refractivity contribution >= 4 is 16.8 Å². The van der Waals surface area contributed by atoms with Gasteiger partial charge in [-0.25, -0.2) is 0 Å². The van der Waals surface area contributed by atoms with Crippen molar-refractivity contribution in [3.63, 3.8) is 0 Å². The van der Waals surface area contributed by atoms with Crippen LogP contribution < -0.4 is 9.47 Å². The standard InChI is InChI=1S/C26H26N2O3/c1-18-8-12-21(13-9-18)31-17-25(29)28(2)26(19-10-14-20(30-3)15-11-19)23-16-27-24-7-5-4-6-22(23)24/h4-16,26-27H,17H2,1-3H3. The van der Waals surface area contributed by atoms with Gasteiger partial charge in [-0.1, -0.05) is 48.0 Å². The maximum atomic E-state index is 13.1. The van der Waals surface area contributed by atoms with Gasteiger partial charge in [0.2, 0.25) is 0 Å². The third-order valence-corrected chi connectivity index (χ3v) is 5.51. The minimum Gasteiger partial charge on any atom is -0.497 e. The molecule has 0 fully saturated rings. The van der Waals surface area contributed by atoms with Crippen molar-refractivity contribution in [3.05, 3.63) is 95.7 Å². The average molecular weight is 415 g/mol. The molecule has 0 bridgehead atoms. The Balaban J connectivity index is 1.64. The number of methoxy groups -OCH3 is 1. The molecule has 0 saturated carbocycles. The molecular formula is C26H26N2O3. The van der Waals surface area contributed by atoms with Gasteiger partial charge in [-0.2, -0.15) is 0 Å². The zero-order valence-electron chi connectivity index (χ0n) is 18.0. The molecule has 1 N–H and O–H groups in total. The lowest BCUT2D eigenvalue weighted by molar-refractivity contribution is -0.133. The van der Waals surface area contributed by atoms with Crippen LogP contribution in [-0.2, 0) is 4.79 Å². The summed E-state index contributed by atoms with van der Waals surface area (Å²) in [6, 6.07) is 23.4. The molecule has 0 saturated heterocycles. The summed E-state index contributed by atoms with van der Waals surface area (Å²) < 4.78 is 11.1. The summed E-state index contributed by atoms with van der Waals surface area (Å²) in [5.74, 6) is 1.35. The highest BCUT2D eigenvalue weighted by Gasteiger charge is 2.26. The lowest BCUT2D eigenvalue weighted by atomic mass is 9.96. The first kappa shape index (κ1) is 20.5. The van der Waals surface area contributed by atoms with Crippen molar-refractivity contribution in [1.29, 1.82) is 0 Å². The number of hydrogen-bond acceptors (Lipinski definition) is 3. The fourth-order valence-electron chi connectivity index (χ4n) is 3.74. The molecule has 3 aromatic carbocycles. The number of carbonyl (C=O) groups is 1. The average Bonchev–Trinajstić information content (AvgIpc) is 3.23. The van der Waals surface area contributed by atoms with E-state index in [2.05, 4.69) is 11.1 Å². The molecule has 5 nitrogen and oxygen atoms in total. The van der Waals surface area contributed by atoms with E-state index < -0.39 is 0 Å². The Hall–Kier alpha value is -3.73. The van der Waals surface area contributed by atoms with E-state index in [1.165, 1.54) is 0 Å². The second kappa shape index (κ2) is 8.96. The Bertz CT molecular complexity index is 1160. The molecule has 0 aliphatic carbocycles. The van der Waals surface area contributed by atoms with Crippen molar-refractivity contribution in [2.24, 2.45) is 0 Å². The van der Waals surface area contributed by atoms with E-state index in [0.717, 1.165) is 33.3 Å². The Morgan fingerprint density at radius 2 is 1.65 bits per heavy atom. The van der Waals surface area contributed by atoms with Crippen LogP contribution in [0.2, 0.25) is 0 Å². The predicted octanol–water partition coefficient (Wildman–Crippen LogP) is 5.11. The number of para-hydroxylation sites is 1. The molecule has 4 aromatic rings. The van der Waals surface area contributed by atoms with Crippen LogP contribution in [0.25, 0.3) is 10.9 Å². The lowest BCUT2D eigenvalue weighted by Crippen LogP contribution is -2.35. The molecule has 1 unspecified atom stereocenters. The number of benzene rings is 3. The Kier molecular flexibility index (Phi) is 5.94. The number of aromatic nitrogens is 1. The number of aryl methyl sites for hydroxylation is 1. The number of amides is 1. The topological polar surface area (TPSA) is 54.6 Å². The van der Waals surface area contributed by atoms with Crippen LogP contribution in [-0.4, -0.2) is 36.6 Å². The number of rotatable bonds is 7. The SMILES string of the molecule is COc1ccc(C(c2c[nH]c3ccccc23)N(C)C(=O)COc2ccc(C)cc2)cc1. The second-order valence-electron chi connectivity index (χ2n) is 7.57. The smallest absolute Gasteiger partial charge is 0.261 e. The highest BCUT2D eigenvalue weighted by Crippen LogP contribution is 2.34. The van der Waals surface area contributed by atoms with Gasteiger partial charge in [-0.15, -0.1) is 0 Å². The first-order valence-electron chi connectivity index (χ1n) is 10.2. The van der Waals surface area contributed by atoms with Gasteiger partial charge in [0.25, 0.3) is 5.91 Å². The number of carbonyl (C=O) groups excluding carboxylic acids is 1. The van der Waals surface area contributed by atoms with Gasteiger partial charge in [-0.05, 0) is 42.8 Å². The zero-order valence-corrected chi connectivity index (χ0v) is 18.0. The first-order chi connectivity index (χ1) is 15.1. The maximum absolute atomic E-state index is 13.1. The fraction of sp³-hybridized carbons (Fsp3) is 0.192. The van der Waals surface area contributed by atoms with Gasteiger partial charge in [0.15, 0.2) is 6.61 Å². The van der Waals surface area contributed by atoms with Crippen LogP contribution in [0.1, 0.15) is 22.7 Å². The Morgan fingerprint density at radius 1 is 0.968 bits per heavy atom. The van der Waals surface area contributed by atoms with E-state index in [0.29, 0.717) is 5.75 Å². The molecule has 158 valence electrons. The van der Waals surface area contributed by atoms with Gasteiger partial charge in [0.1, 0.15) is 11.5 Å². The molecular weight excluding hydrogens is 388 g/mol. The molecule has 4 rings (SSSR count). The van der Waals surface area contributed by atoms with Gasteiger partial charge >= 0.3 is 0 Å². The van der Waals surface area contributed by atoms with Crippen LogP contribution in [0.4, 0.5) is 0 Å². The summed E-state index contributed by atoms with van der Waals surface area (Å²) in [6.07, 6.45) is 1.98. The van der Waals surface area contributed by atoms with E-state index in [9.17, 15) is 4.79 Å². The van der Waals surface area contributed by atoms with Crippen LogP contribution in [0.5, 0.6) is 11.5 Å². The predicted molar refractivity (Wildman–Crippen MR) is 123 cm³/mol. The van der Waals surface area contributed by atoms with Crippen molar-refractivity contribution in [2.45, 2.75) is 13.0 Å². The van der Waals surface area contributed by atoms with Gasteiger partial charge in [0, 0.05) is 29.7 Å². The molecule has 1 amide bonds. The fourth-order valence-corrected chi connectivity index (χ4v) is 3.74. The third-order valence-electron chi connectivity index (χ3n) is 5.51. The van der Waals surface area contributed by atoms with Crippen molar-refractivity contribution in [2.75, 3.05) is 20.8 Å². The monoisotopic (exact) mass is 414 g/mol. The highest BCUT2D eigenvalue weighted by atomic mass is 16.5. The number of hydrogen-bond donors (Lipinski definition) is 1. The van der Waals surface area contributed by atoms with Gasteiger partial charge in [0.05, 0.1) is 13.2 Å². The molecule has 31 heavy (non-hydrogen) atoms. The van der Waals surface area contributed by atoms with E-state index in [1.807, 2.05) is 86.9 Å². The van der Waals surface area contributed by atoms with E-state index in [4.69, 9.17) is 9.47 Å². The number of fused-ring (bicyclic) bond motifs is 1. The van der Waals surface area contributed by atoms with Crippen LogP contribution in [0, 0.1) is 6.92 Å². The van der Waals surface area contributed by atoms with Gasteiger partial charge < -0.3 is 19.4 Å². The number of likely N-dealkylation sites (N-methyl/N-ethyl adjacent to an activating group) is 1. The molecule has 5 heteroatoms. The summed E-state index contributed by atoms with van der Waals surface area (Å²) in [5.41, 5.74) is 4.21. The molecule has 1 atom stereocenters. The number of nitrogens with one attached hydrogen (secondary N) is 1. The van der Waals surface area contributed by atoms with E-state index in [-0.39, 0.29) is 18.6 Å². The summed E-state index contributed by atoms with van der Waals surface area (Å²) in [5, 5.41) is 1.09. The molecule has 1 heterocycles. The maximum Gasteiger partial charge on any atom is 0.261 e. The number of aromatic amines is 1. The van der Waals surface area contributed by atoms with Gasteiger partial charge in [-0.3, -0.25) is 4.79 Å². The summed E-state index contributed by atoms with van der Waals surface area (Å²) in [7, 11) is 3.46. The molecule has 0 radical (unpaired) electrons. The summed E-state index contributed by atoms with van der Waals surface area (Å²) in [4.78, 5) is 18.2. The second-order valence-corrected chi connectivity index (χ2v) is 7.57. The molecule has 1 aromatic heterocycles. The summed E-state index contributed by atoms with van der Waals surface area (Å²) >= 11 is 0. The Morgan fingerprint density at radius 3 is 2.35 bits per heavy atom. The van der Waals surface area contributed by atoms with E-state index in [1.54, 1.807) is 12.0 Å². The van der Waals surface area contributed by atoms with Crippen molar-refractivity contribution in [1.82, 2.24) is 9.88 Å². The van der Waals surface area contributed by atoms with Crippen LogP contribution in [0.15, 0.2) is 79.0 Å². The first-order valence-corrected chi connectivity index (χ1v) is 10.2. The number of ether oxygens (including phenoxy) is 2. The molecule has 0 aliphatic heterocycles. The van der Waals surface area contributed by atoms with Crippen molar-refractivity contribution < 1.29 is 14.3 Å². The van der Waals surface area contributed by atoms with Crippen molar-refractivity contribution in [3.8, 4) is 11.5 Å². The highest BCUT2D eigenvalue weighted by molar-refractivity contribution is 5.85. The van der Waals surface area contributed by atoms with Crippen LogP contribution >= 0.6 is 0 Å². The summed E-state index contributed by atoms with van der Waals surface area (Å²) in [6.45, 7) is 1.98. The number of H-pyrrole nitrogens is 1. The number of nitrogens with zero attached hydrogens (tertiary/aromatic N) is 1. The molecule has 0 spiro atoms. The third kappa shape index (κ3) is 4.40. The van der Waals surface area contributed by atoms with E-state index >= 15 is 0 Å². The minimum absolute atomic E-state index is 0.0332. The minimum atomic E-state index is -0.267. The lowest BCUT2D eigenvalue weighted by Gasteiger charge is -2.29. The quantitative estimate of drug-likeness (QED) is 0.457. The zero-order chi connectivity index (χ0) is 21.8. The Labute approximate surface area is 182 Å². The largest absolute Gasteiger partial charge is 0.497 e. The molecule has 0 aliphatic rings. The normalized spacial score (nSPS) is 11.8.